The Balaban J connectivity index is 2.09. The van der Waals surface area contributed by atoms with Gasteiger partial charge in [-0.2, -0.15) is 0 Å². The lowest BCUT2D eigenvalue weighted by atomic mass is 10.2. The second-order valence-corrected chi connectivity index (χ2v) is 7.32. The summed E-state index contributed by atoms with van der Waals surface area (Å²) < 4.78 is 32.1. The van der Waals surface area contributed by atoms with Gasteiger partial charge in [0.05, 0.1) is 7.11 Å². The number of benzene rings is 1. The number of aryl methyl sites for hydroxylation is 1. The van der Waals surface area contributed by atoms with Crippen LogP contribution in [0, 0.1) is 6.92 Å². The smallest absolute Gasteiger partial charge is 0.250 e. The Morgan fingerprint density at radius 2 is 2.05 bits per heavy atom. The van der Waals surface area contributed by atoms with Gasteiger partial charge in [0, 0.05) is 11.4 Å². The molecule has 6 heteroatoms. The highest BCUT2D eigenvalue weighted by Gasteiger charge is 2.15. The molecule has 1 aromatic carbocycles. The summed E-state index contributed by atoms with van der Waals surface area (Å²) in [5, 5.41) is 0. The summed E-state index contributed by atoms with van der Waals surface area (Å²) in [4.78, 5) is 0.974. The summed E-state index contributed by atoms with van der Waals surface area (Å²) in [5.74, 6) is 0.712. The Morgan fingerprint density at radius 1 is 1.26 bits per heavy atom. The van der Waals surface area contributed by atoms with E-state index in [2.05, 4.69) is 4.72 Å². The van der Waals surface area contributed by atoms with Gasteiger partial charge in [0.25, 0.3) is 0 Å². The number of thiophene rings is 1. The molecule has 4 nitrogen and oxygen atoms in total. The number of methoxy groups -OCH3 is 1. The molecule has 0 aliphatic carbocycles. The first-order valence-electron chi connectivity index (χ1n) is 5.70. The summed E-state index contributed by atoms with van der Waals surface area (Å²) in [6.07, 6.45) is 0. The zero-order valence-electron chi connectivity index (χ0n) is 10.7. The molecule has 0 unspecified atom stereocenters. The van der Waals surface area contributed by atoms with Gasteiger partial charge in [-0.25, -0.2) is 13.1 Å². The molecule has 1 aromatic heterocycles. The first kappa shape index (κ1) is 14.0. The van der Waals surface area contributed by atoms with E-state index in [9.17, 15) is 8.42 Å². The van der Waals surface area contributed by atoms with E-state index >= 15 is 0 Å². The van der Waals surface area contributed by atoms with Crippen molar-refractivity contribution in [1.82, 2.24) is 4.72 Å². The maximum atomic E-state index is 12.0. The normalized spacial score (nSPS) is 11.5. The maximum absolute atomic E-state index is 12.0. The number of hydrogen-bond acceptors (Lipinski definition) is 4. The zero-order valence-corrected chi connectivity index (χ0v) is 12.3. The highest BCUT2D eigenvalue weighted by atomic mass is 32.2. The number of nitrogens with one attached hydrogen (secondary N) is 1. The van der Waals surface area contributed by atoms with Crippen molar-refractivity contribution in [2.24, 2.45) is 0 Å². The van der Waals surface area contributed by atoms with Gasteiger partial charge in [-0.3, -0.25) is 0 Å². The van der Waals surface area contributed by atoms with Crippen molar-refractivity contribution in [3.05, 3.63) is 46.8 Å². The fourth-order valence-electron chi connectivity index (χ4n) is 1.59. The topological polar surface area (TPSA) is 55.4 Å². The van der Waals surface area contributed by atoms with Crippen LogP contribution in [-0.2, 0) is 16.6 Å². The Labute approximate surface area is 117 Å². The molecule has 0 bridgehead atoms. The Bertz CT molecular complexity index is 662. The van der Waals surface area contributed by atoms with Gasteiger partial charge in [0.2, 0.25) is 10.0 Å². The Morgan fingerprint density at radius 3 is 2.68 bits per heavy atom. The number of hydrogen-bond donors (Lipinski definition) is 1. The van der Waals surface area contributed by atoms with E-state index in [1.807, 2.05) is 31.2 Å². The highest BCUT2D eigenvalue weighted by Crippen LogP contribution is 2.21. The van der Waals surface area contributed by atoms with Crippen LogP contribution < -0.4 is 9.46 Å². The van der Waals surface area contributed by atoms with Crippen molar-refractivity contribution in [2.45, 2.75) is 17.7 Å². The van der Waals surface area contributed by atoms with Gasteiger partial charge in [0.1, 0.15) is 9.96 Å². The molecule has 1 heterocycles. The van der Waals surface area contributed by atoms with Crippen molar-refractivity contribution < 1.29 is 13.2 Å². The molecule has 0 radical (unpaired) electrons. The van der Waals surface area contributed by atoms with Gasteiger partial charge in [0.15, 0.2) is 0 Å². The third-order valence-electron chi connectivity index (χ3n) is 2.58. The van der Waals surface area contributed by atoms with E-state index in [4.69, 9.17) is 4.74 Å². The van der Waals surface area contributed by atoms with E-state index in [1.54, 1.807) is 19.2 Å². The van der Waals surface area contributed by atoms with Crippen LogP contribution >= 0.6 is 11.3 Å². The van der Waals surface area contributed by atoms with E-state index in [1.165, 1.54) is 11.3 Å². The van der Waals surface area contributed by atoms with Crippen LogP contribution in [0.15, 0.2) is 40.6 Å². The molecule has 0 saturated carbocycles. The molecule has 19 heavy (non-hydrogen) atoms. The summed E-state index contributed by atoms with van der Waals surface area (Å²) in [6.45, 7) is 2.13. The summed E-state index contributed by atoms with van der Waals surface area (Å²) in [6, 6.07) is 10.7. The molecule has 1 N–H and O–H groups in total. The molecule has 0 aliphatic heterocycles. The average Bonchev–Trinajstić information content (AvgIpc) is 2.84. The molecule has 0 spiro atoms. The van der Waals surface area contributed by atoms with Crippen molar-refractivity contribution in [2.75, 3.05) is 7.11 Å². The second-order valence-electron chi connectivity index (χ2n) is 4.04. The van der Waals surface area contributed by atoms with Crippen LogP contribution in [0.1, 0.15) is 10.4 Å². The lowest BCUT2D eigenvalue weighted by Gasteiger charge is -2.06. The van der Waals surface area contributed by atoms with E-state index < -0.39 is 10.0 Å². The van der Waals surface area contributed by atoms with Crippen LogP contribution in [0.5, 0.6) is 5.75 Å². The quantitative estimate of drug-likeness (QED) is 0.922. The van der Waals surface area contributed by atoms with Crippen molar-refractivity contribution in [1.29, 1.82) is 0 Å². The third-order valence-corrected chi connectivity index (χ3v) is 5.47. The molecule has 0 atom stereocenters. The van der Waals surface area contributed by atoms with Crippen LogP contribution in [0.2, 0.25) is 0 Å². The first-order chi connectivity index (χ1) is 9.01. The predicted molar refractivity (Wildman–Crippen MR) is 76.1 cm³/mol. The minimum Gasteiger partial charge on any atom is -0.497 e. The van der Waals surface area contributed by atoms with Crippen molar-refractivity contribution in [3.63, 3.8) is 0 Å². The van der Waals surface area contributed by atoms with Gasteiger partial charge < -0.3 is 4.74 Å². The minimum atomic E-state index is -3.43. The Hall–Kier alpha value is -1.37. The summed E-state index contributed by atoms with van der Waals surface area (Å²) in [5.41, 5.74) is 0.858. The van der Waals surface area contributed by atoms with Crippen LogP contribution in [-0.4, -0.2) is 15.5 Å². The molecule has 2 aromatic rings. The number of rotatable bonds is 5. The fraction of sp³-hybridized carbons (Fsp3) is 0.231. The molecule has 102 valence electrons. The second kappa shape index (κ2) is 5.73. The van der Waals surface area contributed by atoms with E-state index in [-0.39, 0.29) is 6.54 Å². The lowest BCUT2D eigenvalue weighted by Crippen LogP contribution is -2.22. The van der Waals surface area contributed by atoms with Crippen molar-refractivity contribution >= 4 is 21.4 Å². The molecule has 0 fully saturated rings. The van der Waals surface area contributed by atoms with Crippen LogP contribution in [0.3, 0.4) is 0 Å². The number of ether oxygens (including phenoxy) is 1. The maximum Gasteiger partial charge on any atom is 0.250 e. The molecular weight excluding hydrogens is 282 g/mol. The van der Waals surface area contributed by atoms with E-state index in [0.29, 0.717) is 9.96 Å². The van der Waals surface area contributed by atoms with E-state index in [0.717, 1.165) is 10.4 Å². The minimum absolute atomic E-state index is 0.247. The standard InChI is InChI=1S/C13H15NO3S2/c1-10-6-7-13(18-10)19(15,16)14-9-11-4-3-5-12(8-11)17-2/h3-8,14H,9H2,1-2H3. The first-order valence-corrected chi connectivity index (χ1v) is 8.00. The molecule has 0 aliphatic rings. The van der Waals surface area contributed by atoms with Crippen LogP contribution in [0.4, 0.5) is 0 Å². The average molecular weight is 297 g/mol. The summed E-state index contributed by atoms with van der Waals surface area (Å²) in [7, 11) is -1.85. The summed E-state index contributed by atoms with van der Waals surface area (Å²) >= 11 is 1.26. The third kappa shape index (κ3) is 3.56. The molecule has 2 rings (SSSR count). The lowest BCUT2D eigenvalue weighted by molar-refractivity contribution is 0.414. The molecule has 0 saturated heterocycles. The monoisotopic (exact) mass is 297 g/mol. The Kier molecular flexibility index (Phi) is 4.24. The van der Waals surface area contributed by atoms with Gasteiger partial charge in [-0.15, -0.1) is 11.3 Å². The fourth-order valence-corrected chi connectivity index (χ4v) is 3.93. The van der Waals surface area contributed by atoms with Crippen LogP contribution in [0.25, 0.3) is 0 Å². The number of sulfonamides is 1. The SMILES string of the molecule is COc1cccc(CNS(=O)(=O)c2ccc(C)s2)c1. The van der Waals surface area contributed by atoms with Gasteiger partial charge >= 0.3 is 0 Å². The predicted octanol–water partition coefficient (Wildman–Crippen LogP) is 2.54. The van der Waals surface area contributed by atoms with Crippen molar-refractivity contribution in [3.8, 4) is 5.75 Å². The largest absolute Gasteiger partial charge is 0.497 e. The molecule has 0 amide bonds. The van der Waals surface area contributed by atoms with Gasteiger partial charge in [-0.05, 0) is 36.8 Å². The van der Waals surface area contributed by atoms with Gasteiger partial charge in [-0.1, -0.05) is 12.1 Å². The molecular formula is C13H15NO3S2. The zero-order chi connectivity index (χ0) is 13.9. The highest BCUT2D eigenvalue weighted by molar-refractivity contribution is 7.91.